The molecular weight excluding hydrogens is 154 g/mol. The van der Waals surface area contributed by atoms with Crippen LogP contribution in [-0.4, -0.2) is 4.98 Å². The summed E-state index contributed by atoms with van der Waals surface area (Å²) in [6.45, 7) is 3.55. The molecule has 2 aromatic rings. The minimum absolute atomic E-state index is 0.867. The first kappa shape index (κ1) is 6.55. The van der Waals surface area contributed by atoms with Crippen LogP contribution in [0.3, 0.4) is 0 Å². The van der Waals surface area contributed by atoms with Gasteiger partial charge in [0.1, 0.15) is 5.01 Å². The highest BCUT2D eigenvalue weighted by atomic mass is 32.1. The van der Waals surface area contributed by atoms with Gasteiger partial charge in [0.2, 0.25) is 0 Å². The summed E-state index contributed by atoms with van der Waals surface area (Å²) in [6.07, 6.45) is 2.77. The molecule has 0 atom stereocenters. The standard InChI is InChI=1S/C9H6NS/c1-2-9-10-7-5-3-4-6-8(7)11-9/h3-6H,1H2. The topological polar surface area (TPSA) is 12.9 Å². The summed E-state index contributed by atoms with van der Waals surface area (Å²) in [5.41, 5.74) is 1.03. The summed E-state index contributed by atoms with van der Waals surface area (Å²) in [5.74, 6) is 0. The molecule has 1 heterocycles. The van der Waals surface area contributed by atoms with Gasteiger partial charge in [-0.15, -0.1) is 11.3 Å². The fraction of sp³-hybridized carbons (Fsp3) is 0. The fourth-order valence-corrected chi connectivity index (χ4v) is 1.74. The summed E-state index contributed by atoms with van der Waals surface area (Å²) in [5, 5.41) is 0.867. The summed E-state index contributed by atoms with van der Waals surface area (Å²) in [6, 6.07) is 8.03. The molecule has 0 N–H and O–H groups in total. The molecule has 53 valence electrons. The number of rotatable bonds is 1. The first-order valence-corrected chi connectivity index (χ1v) is 4.10. The van der Waals surface area contributed by atoms with Crippen LogP contribution in [0.25, 0.3) is 10.2 Å². The second-order valence-corrected chi connectivity index (χ2v) is 3.19. The zero-order chi connectivity index (χ0) is 7.68. The van der Waals surface area contributed by atoms with Crippen molar-refractivity contribution in [1.29, 1.82) is 0 Å². The van der Waals surface area contributed by atoms with Gasteiger partial charge in [0.05, 0.1) is 10.2 Å². The molecule has 0 saturated carbocycles. The van der Waals surface area contributed by atoms with Crippen molar-refractivity contribution in [3.63, 3.8) is 0 Å². The summed E-state index contributed by atoms with van der Waals surface area (Å²) in [4.78, 5) is 4.28. The Kier molecular flexibility index (Phi) is 1.47. The van der Waals surface area contributed by atoms with Crippen molar-refractivity contribution in [3.05, 3.63) is 41.9 Å². The third kappa shape index (κ3) is 1.05. The van der Waals surface area contributed by atoms with Gasteiger partial charge in [-0.3, -0.25) is 0 Å². The Morgan fingerprint density at radius 2 is 2.18 bits per heavy atom. The van der Waals surface area contributed by atoms with Crippen LogP contribution in [0, 0.1) is 6.08 Å². The third-order valence-electron chi connectivity index (χ3n) is 1.45. The van der Waals surface area contributed by atoms with Crippen LogP contribution in [0.5, 0.6) is 0 Å². The third-order valence-corrected chi connectivity index (χ3v) is 2.44. The van der Waals surface area contributed by atoms with Gasteiger partial charge >= 0.3 is 0 Å². The van der Waals surface area contributed by atoms with E-state index in [9.17, 15) is 0 Å². The van der Waals surface area contributed by atoms with Gasteiger partial charge in [-0.05, 0) is 12.1 Å². The molecule has 1 aromatic carbocycles. The van der Waals surface area contributed by atoms with E-state index in [1.54, 1.807) is 11.3 Å². The number of para-hydroxylation sites is 1. The van der Waals surface area contributed by atoms with Crippen molar-refractivity contribution in [2.75, 3.05) is 0 Å². The molecule has 0 aliphatic rings. The van der Waals surface area contributed by atoms with Crippen LogP contribution in [0.2, 0.25) is 0 Å². The maximum Gasteiger partial charge on any atom is 0.124 e. The molecule has 0 aliphatic carbocycles. The molecule has 0 saturated heterocycles. The minimum atomic E-state index is 0.867. The Morgan fingerprint density at radius 1 is 1.36 bits per heavy atom. The van der Waals surface area contributed by atoms with Crippen molar-refractivity contribution in [2.24, 2.45) is 0 Å². The molecule has 0 fully saturated rings. The molecule has 2 rings (SSSR count). The van der Waals surface area contributed by atoms with Crippen molar-refractivity contribution in [1.82, 2.24) is 4.98 Å². The van der Waals surface area contributed by atoms with Crippen LogP contribution in [0.1, 0.15) is 5.01 Å². The van der Waals surface area contributed by atoms with Crippen molar-refractivity contribution in [3.8, 4) is 0 Å². The number of thiazole rings is 1. The zero-order valence-electron chi connectivity index (χ0n) is 5.87. The van der Waals surface area contributed by atoms with E-state index in [4.69, 9.17) is 0 Å². The van der Waals surface area contributed by atoms with Crippen molar-refractivity contribution in [2.45, 2.75) is 0 Å². The van der Waals surface area contributed by atoms with E-state index >= 15 is 0 Å². The predicted octanol–water partition coefficient (Wildman–Crippen LogP) is 2.63. The number of fused-ring (bicyclic) bond motifs is 1. The predicted molar refractivity (Wildman–Crippen MR) is 47.6 cm³/mol. The average Bonchev–Trinajstić information content (AvgIpc) is 2.46. The largest absolute Gasteiger partial charge is 0.236 e. The highest BCUT2D eigenvalue weighted by Gasteiger charge is 1.97. The summed E-state index contributed by atoms with van der Waals surface area (Å²) < 4.78 is 1.19. The van der Waals surface area contributed by atoms with Crippen LogP contribution in [0.4, 0.5) is 0 Å². The van der Waals surface area contributed by atoms with Gasteiger partial charge < -0.3 is 0 Å². The highest BCUT2D eigenvalue weighted by molar-refractivity contribution is 7.18. The Labute approximate surface area is 69.0 Å². The lowest BCUT2D eigenvalue weighted by molar-refractivity contribution is 1.42. The molecule has 0 spiro atoms. The summed E-state index contributed by atoms with van der Waals surface area (Å²) in [7, 11) is 0. The minimum Gasteiger partial charge on any atom is -0.236 e. The SMILES string of the molecule is C=[C]c1nc2ccccc2s1. The van der Waals surface area contributed by atoms with E-state index in [1.165, 1.54) is 4.70 Å². The van der Waals surface area contributed by atoms with Crippen LogP contribution in [-0.2, 0) is 0 Å². The molecular formula is C9H6NS. The maximum atomic E-state index is 4.28. The lowest BCUT2D eigenvalue weighted by Gasteiger charge is -1.80. The molecule has 0 bridgehead atoms. The first-order valence-electron chi connectivity index (χ1n) is 3.29. The van der Waals surface area contributed by atoms with Gasteiger partial charge in [0.15, 0.2) is 0 Å². The van der Waals surface area contributed by atoms with E-state index < -0.39 is 0 Å². The normalized spacial score (nSPS) is 10.2. The van der Waals surface area contributed by atoms with Gasteiger partial charge in [0, 0.05) is 6.08 Å². The molecule has 0 unspecified atom stereocenters. The number of benzene rings is 1. The first-order chi connectivity index (χ1) is 5.40. The highest BCUT2D eigenvalue weighted by Crippen LogP contribution is 2.20. The van der Waals surface area contributed by atoms with Crippen molar-refractivity contribution < 1.29 is 0 Å². The number of hydrogen-bond acceptors (Lipinski definition) is 2. The Bertz CT molecular complexity index is 356. The van der Waals surface area contributed by atoms with Gasteiger partial charge in [-0.25, -0.2) is 4.98 Å². The quantitative estimate of drug-likeness (QED) is 0.625. The van der Waals surface area contributed by atoms with Crippen LogP contribution < -0.4 is 0 Å². The van der Waals surface area contributed by atoms with E-state index in [1.807, 2.05) is 24.3 Å². The maximum absolute atomic E-state index is 4.28. The summed E-state index contributed by atoms with van der Waals surface area (Å²) >= 11 is 1.61. The number of aromatic nitrogens is 1. The lowest BCUT2D eigenvalue weighted by Crippen LogP contribution is -1.66. The Morgan fingerprint density at radius 3 is 2.91 bits per heavy atom. The molecule has 1 aromatic heterocycles. The molecule has 1 nitrogen and oxygen atoms in total. The number of nitrogens with zero attached hydrogens (tertiary/aromatic N) is 1. The lowest BCUT2D eigenvalue weighted by atomic mass is 10.3. The van der Waals surface area contributed by atoms with Gasteiger partial charge in [-0.2, -0.15) is 0 Å². The monoisotopic (exact) mass is 160 g/mol. The smallest absolute Gasteiger partial charge is 0.124 e. The van der Waals surface area contributed by atoms with E-state index in [0.717, 1.165) is 10.5 Å². The number of hydrogen-bond donors (Lipinski definition) is 0. The van der Waals surface area contributed by atoms with Crippen LogP contribution >= 0.6 is 11.3 Å². The molecule has 0 amide bonds. The molecule has 2 heteroatoms. The van der Waals surface area contributed by atoms with E-state index in [-0.39, 0.29) is 0 Å². The van der Waals surface area contributed by atoms with Gasteiger partial charge in [-0.1, -0.05) is 18.7 Å². The zero-order valence-corrected chi connectivity index (χ0v) is 6.69. The average molecular weight is 160 g/mol. The molecule has 1 radical (unpaired) electrons. The van der Waals surface area contributed by atoms with E-state index in [0.29, 0.717) is 0 Å². The van der Waals surface area contributed by atoms with Crippen molar-refractivity contribution >= 4 is 21.6 Å². The molecule has 0 aliphatic heterocycles. The van der Waals surface area contributed by atoms with E-state index in [2.05, 4.69) is 17.6 Å². The molecule has 11 heavy (non-hydrogen) atoms. The second-order valence-electron chi connectivity index (χ2n) is 2.16. The second kappa shape index (κ2) is 2.47. The van der Waals surface area contributed by atoms with Gasteiger partial charge in [0.25, 0.3) is 0 Å². The van der Waals surface area contributed by atoms with Crippen LogP contribution in [0.15, 0.2) is 30.8 Å². The Hall–Kier alpha value is -1.15. The Balaban J connectivity index is 2.78. The fourth-order valence-electron chi connectivity index (χ4n) is 0.948.